The largest absolute Gasteiger partial charge is 0.493 e. The Hall–Kier alpha value is -2.38. The highest BCUT2D eigenvalue weighted by Crippen LogP contribution is 2.26. The fourth-order valence-electron chi connectivity index (χ4n) is 1.79. The molecule has 1 aromatic carbocycles. The van der Waals surface area contributed by atoms with Gasteiger partial charge in [0.1, 0.15) is 18.3 Å². The molecule has 1 unspecified atom stereocenters. The molecule has 0 bridgehead atoms. The van der Waals surface area contributed by atoms with Crippen LogP contribution in [0.2, 0.25) is 0 Å². The highest BCUT2D eigenvalue weighted by molar-refractivity contribution is 5.38. The van der Waals surface area contributed by atoms with Gasteiger partial charge in [0.15, 0.2) is 0 Å². The number of hydrogen-bond donors (Lipinski definition) is 1. The average molecular weight is 293 g/mol. The third kappa shape index (κ3) is 5.25. The molecular formula is C13H19N5O3. The summed E-state index contributed by atoms with van der Waals surface area (Å²) in [5.74, 6) is 5.51. The Kier molecular flexibility index (Phi) is 7.55. The molecule has 0 radical (unpaired) electrons. The number of unbranched alkanes of at least 4 members (excludes halogenated alkanes) is 1. The van der Waals surface area contributed by atoms with Gasteiger partial charge in [0.05, 0.1) is 13.2 Å². The Labute approximate surface area is 122 Å². The van der Waals surface area contributed by atoms with Gasteiger partial charge in [-0.3, -0.25) is 0 Å². The Morgan fingerprint density at radius 1 is 1.33 bits per heavy atom. The van der Waals surface area contributed by atoms with Gasteiger partial charge < -0.3 is 10.6 Å². The van der Waals surface area contributed by atoms with Gasteiger partial charge in [-0.15, -0.1) is 0 Å². The first-order valence-electron chi connectivity index (χ1n) is 6.70. The molecule has 0 saturated carbocycles. The van der Waals surface area contributed by atoms with Gasteiger partial charge in [-0.05, 0) is 24.1 Å². The number of nitrogens with two attached hydrogens (primary N) is 1. The number of ether oxygens (including phenoxy) is 1. The third-order valence-corrected chi connectivity index (χ3v) is 2.92. The van der Waals surface area contributed by atoms with Crippen LogP contribution in [0.5, 0.6) is 5.75 Å². The van der Waals surface area contributed by atoms with Crippen LogP contribution in [-0.4, -0.2) is 13.2 Å². The predicted molar refractivity (Wildman–Crippen MR) is 78.8 cm³/mol. The number of hydrogen-bond acceptors (Lipinski definition) is 7. The third-order valence-electron chi connectivity index (χ3n) is 2.92. The number of nitroso groups, excluding NO2 is 2. The molecule has 0 heterocycles. The highest BCUT2D eigenvalue weighted by atomic mass is 16.5. The van der Waals surface area contributed by atoms with E-state index in [1.165, 1.54) is 0 Å². The summed E-state index contributed by atoms with van der Waals surface area (Å²) in [7, 11) is 0. The maximum absolute atomic E-state index is 10.9. The maximum atomic E-state index is 10.9. The van der Waals surface area contributed by atoms with Crippen LogP contribution in [0, 0.1) is 9.81 Å². The molecule has 0 aromatic heterocycles. The molecule has 21 heavy (non-hydrogen) atoms. The van der Waals surface area contributed by atoms with E-state index in [-0.39, 0.29) is 13.1 Å². The molecule has 1 aromatic rings. The van der Waals surface area contributed by atoms with Crippen LogP contribution in [-0.2, 0) is 6.54 Å². The summed E-state index contributed by atoms with van der Waals surface area (Å²) in [6, 6.07) is 4.41. The van der Waals surface area contributed by atoms with Gasteiger partial charge in [-0.2, -0.15) is 14.9 Å². The van der Waals surface area contributed by atoms with Gasteiger partial charge in [-0.25, -0.2) is 0 Å². The van der Waals surface area contributed by atoms with Crippen LogP contribution in [0.1, 0.15) is 36.9 Å². The lowest BCUT2D eigenvalue weighted by atomic mass is 10.0. The fraction of sp³-hybridized carbons (Fsp3) is 0.538. The van der Waals surface area contributed by atoms with E-state index < -0.39 is 6.04 Å². The van der Waals surface area contributed by atoms with E-state index in [4.69, 9.17) is 10.6 Å². The van der Waals surface area contributed by atoms with Crippen molar-refractivity contribution in [3.63, 3.8) is 0 Å². The summed E-state index contributed by atoms with van der Waals surface area (Å²) in [4.78, 5) is 21.4. The summed E-state index contributed by atoms with van der Waals surface area (Å²) in [6.07, 6.45) is 1.94. The second kappa shape index (κ2) is 9.51. The van der Waals surface area contributed by atoms with Crippen molar-refractivity contribution >= 4 is 0 Å². The minimum atomic E-state index is -0.701. The molecule has 2 N–H and O–H groups in total. The second-order valence-corrected chi connectivity index (χ2v) is 4.42. The topological polar surface area (TPSA) is 119 Å². The van der Waals surface area contributed by atoms with E-state index in [1.54, 1.807) is 18.2 Å². The fourth-order valence-corrected chi connectivity index (χ4v) is 1.79. The van der Waals surface area contributed by atoms with Gasteiger partial charge >= 0.3 is 0 Å². The van der Waals surface area contributed by atoms with E-state index in [2.05, 4.69) is 27.6 Å². The van der Waals surface area contributed by atoms with Crippen LogP contribution in [0.4, 0.5) is 0 Å². The molecule has 0 amide bonds. The van der Waals surface area contributed by atoms with Crippen LogP contribution in [0.3, 0.4) is 0 Å². The Morgan fingerprint density at radius 3 is 2.76 bits per heavy atom. The molecule has 1 atom stereocenters. The van der Waals surface area contributed by atoms with Crippen molar-refractivity contribution in [2.45, 2.75) is 32.4 Å². The summed E-state index contributed by atoms with van der Waals surface area (Å²) in [5, 5.41) is 12.6. The van der Waals surface area contributed by atoms with Crippen LogP contribution in [0.15, 0.2) is 38.9 Å². The van der Waals surface area contributed by atoms with Crippen molar-refractivity contribution in [3.8, 4) is 5.75 Å². The van der Waals surface area contributed by atoms with E-state index in [1.807, 2.05) is 0 Å². The average Bonchev–Trinajstić information content (AvgIpc) is 2.50. The summed E-state index contributed by atoms with van der Waals surface area (Å²) in [6.45, 7) is 2.66. The molecule has 0 aliphatic heterocycles. The molecule has 8 heteroatoms. The normalized spacial score (nSPS) is 12.2. The van der Waals surface area contributed by atoms with Crippen molar-refractivity contribution in [1.82, 2.24) is 0 Å². The maximum Gasteiger partial charge on any atom is 0.138 e. The lowest BCUT2D eigenvalue weighted by molar-refractivity contribution is 0.306. The van der Waals surface area contributed by atoms with Gasteiger partial charge in [0.2, 0.25) is 0 Å². The smallest absolute Gasteiger partial charge is 0.138 e. The van der Waals surface area contributed by atoms with Gasteiger partial charge in [-0.1, -0.05) is 35.0 Å². The SMILES string of the molecule is CCCCOc1ccc(C(CN=NN)N=O)cc1CN=O. The van der Waals surface area contributed by atoms with Crippen LogP contribution >= 0.6 is 0 Å². The van der Waals surface area contributed by atoms with Crippen molar-refractivity contribution < 1.29 is 4.74 Å². The number of benzene rings is 1. The van der Waals surface area contributed by atoms with Crippen molar-refractivity contribution in [1.29, 1.82) is 0 Å². The summed E-state index contributed by atoms with van der Waals surface area (Å²) >= 11 is 0. The van der Waals surface area contributed by atoms with Crippen LogP contribution < -0.4 is 10.6 Å². The van der Waals surface area contributed by atoms with Crippen LogP contribution in [0.25, 0.3) is 0 Å². The van der Waals surface area contributed by atoms with Crippen molar-refractivity contribution in [2.75, 3.05) is 13.2 Å². The van der Waals surface area contributed by atoms with Crippen molar-refractivity contribution in [3.05, 3.63) is 39.1 Å². The van der Waals surface area contributed by atoms with Gasteiger partial charge in [0, 0.05) is 5.56 Å². The number of rotatable bonds is 10. The zero-order valence-corrected chi connectivity index (χ0v) is 11.9. The molecule has 0 aliphatic carbocycles. The molecule has 0 spiro atoms. The Balaban J connectivity index is 2.94. The predicted octanol–water partition coefficient (Wildman–Crippen LogP) is 3.27. The Bertz CT molecular complexity index is 493. The lowest BCUT2D eigenvalue weighted by Gasteiger charge is -2.13. The zero-order chi connectivity index (χ0) is 15.5. The van der Waals surface area contributed by atoms with E-state index in [0.29, 0.717) is 23.5 Å². The monoisotopic (exact) mass is 293 g/mol. The molecular weight excluding hydrogens is 274 g/mol. The molecule has 0 saturated heterocycles. The number of nitrogens with zero attached hydrogens (tertiary/aromatic N) is 4. The van der Waals surface area contributed by atoms with Crippen molar-refractivity contribution in [2.24, 2.45) is 26.5 Å². The molecule has 8 nitrogen and oxygen atoms in total. The first-order chi connectivity index (χ1) is 10.3. The minimum absolute atomic E-state index is 0.0285. The quantitative estimate of drug-likeness (QED) is 0.234. The standard InChI is InChI=1S/C13H19N5O3/c1-2-3-6-21-13-5-4-10(7-11(13)8-16-19)12(17-20)9-15-18-14/h4-5,7,12H,2-3,6,8-9H2,1H3,(H2,14,15). The molecule has 1 rings (SSSR count). The summed E-state index contributed by atoms with van der Waals surface area (Å²) in [5.41, 5.74) is 1.25. The lowest BCUT2D eigenvalue weighted by Crippen LogP contribution is -2.03. The summed E-state index contributed by atoms with van der Waals surface area (Å²) < 4.78 is 5.61. The molecule has 0 aliphatic rings. The van der Waals surface area contributed by atoms with E-state index in [9.17, 15) is 9.81 Å². The van der Waals surface area contributed by atoms with Gasteiger partial charge in [0.25, 0.3) is 0 Å². The first-order valence-corrected chi connectivity index (χ1v) is 6.70. The molecule has 0 fully saturated rings. The van der Waals surface area contributed by atoms with E-state index >= 15 is 0 Å². The highest BCUT2D eigenvalue weighted by Gasteiger charge is 2.14. The Morgan fingerprint density at radius 2 is 2.14 bits per heavy atom. The zero-order valence-electron chi connectivity index (χ0n) is 11.9. The first kappa shape index (κ1) is 16.7. The molecule has 114 valence electrons. The van der Waals surface area contributed by atoms with E-state index in [0.717, 1.165) is 12.8 Å². The minimum Gasteiger partial charge on any atom is -0.493 e. The second-order valence-electron chi connectivity index (χ2n) is 4.42.